The molecule has 5 heteroatoms. The Labute approximate surface area is 195 Å². The van der Waals surface area contributed by atoms with Gasteiger partial charge in [-0.2, -0.15) is 0 Å². The first-order valence-corrected chi connectivity index (χ1v) is 11.9. The Bertz CT molecular complexity index is 373. The normalized spacial score (nSPS) is 12.0. The molecule has 0 spiro atoms. The Kier molecular flexibility index (Phi) is 23.9. The smallest absolute Gasteiger partial charge is 0.549 e. The van der Waals surface area contributed by atoms with Crippen molar-refractivity contribution in [3.8, 4) is 0 Å². The number of rotatable bonds is 21. The molecule has 0 amide bonds. The van der Waals surface area contributed by atoms with E-state index in [2.05, 4.69) is 13.8 Å². The van der Waals surface area contributed by atoms with Gasteiger partial charge in [-0.1, -0.05) is 123 Å². The fraction of sp³-hybridized carbons (Fsp3) is 0.917. The van der Waals surface area contributed by atoms with E-state index in [9.17, 15) is 19.8 Å². The van der Waals surface area contributed by atoms with Crippen LogP contribution in [0.2, 0.25) is 0 Å². The molecular weight excluding hydrogens is 377 g/mol. The second kappa shape index (κ2) is 22.4. The van der Waals surface area contributed by atoms with Gasteiger partial charge in [-0.15, -0.1) is 0 Å². The third kappa shape index (κ3) is 19.4. The zero-order valence-corrected chi connectivity index (χ0v) is 20.6. The molecule has 166 valence electrons. The summed E-state index contributed by atoms with van der Waals surface area (Å²) in [5.74, 6) is -4.32. The van der Waals surface area contributed by atoms with E-state index in [1.165, 1.54) is 70.6 Å². The van der Waals surface area contributed by atoms with Crippen LogP contribution < -0.4 is 10.2 Å². The average Bonchev–Trinajstić information content (AvgIpc) is 2.65. The van der Waals surface area contributed by atoms with E-state index in [-0.39, 0.29) is 35.4 Å². The molecule has 0 rings (SSSR count). The summed E-state index contributed by atoms with van der Waals surface area (Å²) in [6, 6.07) is 0. The molecule has 0 aliphatic carbocycles. The van der Waals surface area contributed by atoms with Gasteiger partial charge in [0.1, 0.15) is 0 Å². The summed E-state index contributed by atoms with van der Waals surface area (Å²) in [4.78, 5) is 22.2. The monoisotopic (exact) mass is 420 g/mol. The van der Waals surface area contributed by atoms with Crippen LogP contribution in [0.4, 0.5) is 0 Å². The van der Waals surface area contributed by atoms with Crippen molar-refractivity contribution in [1.29, 1.82) is 0 Å². The summed E-state index contributed by atoms with van der Waals surface area (Å²) in [5.41, 5.74) is 0. The summed E-state index contributed by atoms with van der Waals surface area (Å²) in [6.07, 6.45) is 20.5. The first kappa shape index (κ1) is 30.9. The number of unbranched alkanes of at least 4 members (excludes halogenated alkanes) is 13. The molecule has 0 aromatic rings. The number of carboxylic acids is 2. The van der Waals surface area contributed by atoms with Gasteiger partial charge in [0, 0.05) is 5.92 Å². The molecule has 0 saturated carbocycles. The van der Waals surface area contributed by atoms with Gasteiger partial charge >= 0.3 is 23.1 Å². The summed E-state index contributed by atoms with van der Waals surface area (Å²) >= 11 is 0. The quantitative estimate of drug-likeness (QED) is 0.156. The molecule has 0 aliphatic heterocycles. The number of carbonyl (C=O) groups excluding carboxylic acids is 2. The molecule has 1 atom stereocenters. The van der Waals surface area contributed by atoms with E-state index < -0.39 is 17.9 Å². The van der Waals surface area contributed by atoms with E-state index in [1.807, 2.05) is 0 Å². The van der Waals surface area contributed by atoms with Gasteiger partial charge in [0.25, 0.3) is 0 Å². The molecule has 0 saturated heterocycles. The van der Waals surface area contributed by atoms with E-state index >= 15 is 0 Å². The van der Waals surface area contributed by atoms with Crippen LogP contribution in [0.25, 0.3) is 0 Å². The Morgan fingerprint density at radius 1 is 0.586 bits per heavy atom. The molecule has 0 aromatic carbocycles. The molecule has 1 unspecified atom stereocenters. The molecule has 4 nitrogen and oxygen atoms in total. The van der Waals surface area contributed by atoms with Gasteiger partial charge < -0.3 is 19.8 Å². The third-order valence-electron chi connectivity index (χ3n) is 5.82. The van der Waals surface area contributed by atoms with Crippen molar-refractivity contribution in [3.63, 3.8) is 0 Å². The summed E-state index contributed by atoms with van der Waals surface area (Å²) in [5, 5.41) is 22.2. The average molecular weight is 421 g/mol. The maximum atomic E-state index is 11.1. The minimum Gasteiger partial charge on any atom is -0.549 e. The van der Waals surface area contributed by atoms with E-state index in [0.29, 0.717) is 0 Å². The van der Waals surface area contributed by atoms with E-state index in [1.54, 1.807) is 0 Å². The molecule has 0 bridgehead atoms. The van der Waals surface area contributed by atoms with Crippen LogP contribution in [0.3, 0.4) is 0 Å². The minimum atomic E-state index is -1.50. The van der Waals surface area contributed by atoms with E-state index in [0.717, 1.165) is 38.5 Å². The SMILES string of the molecule is CCCCCCCCCCCCC(CCCCCCC)CC(C(=O)[O-])C(=O)[O-].[Mg+2]. The van der Waals surface area contributed by atoms with Crippen molar-refractivity contribution >= 4 is 35.0 Å². The van der Waals surface area contributed by atoms with Crippen LogP contribution in [0.1, 0.15) is 129 Å². The Morgan fingerprint density at radius 3 is 1.21 bits per heavy atom. The van der Waals surface area contributed by atoms with Gasteiger partial charge in [0.05, 0.1) is 11.9 Å². The van der Waals surface area contributed by atoms with Gasteiger partial charge in [-0.05, 0) is 12.3 Å². The zero-order chi connectivity index (χ0) is 21.0. The van der Waals surface area contributed by atoms with E-state index in [4.69, 9.17) is 0 Å². The topological polar surface area (TPSA) is 80.3 Å². The molecule has 0 aliphatic rings. The molecule has 0 radical (unpaired) electrons. The number of carbonyl (C=O) groups is 2. The maximum Gasteiger partial charge on any atom is 2.00 e. The fourth-order valence-corrected chi connectivity index (χ4v) is 3.96. The molecule has 0 heterocycles. The van der Waals surface area contributed by atoms with Crippen LogP contribution >= 0.6 is 0 Å². The molecule has 0 N–H and O–H groups in total. The predicted octanol–water partition coefficient (Wildman–Crippen LogP) is 4.40. The van der Waals surface area contributed by atoms with Crippen LogP contribution in [0.15, 0.2) is 0 Å². The van der Waals surface area contributed by atoms with Crippen LogP contribution in [-0.2, 0) is 9.59 Å². The third-order valence-corrected chi connectivity index (χ3v) is 5.82. The van der Waals surface area contributed by atoms with Crippen molar-refractivity contribution < 1.29 is 19.8 Å². The fourth-order valence-electron chi connectivity index (χ4n) is 3.96. The largest absolute Gasteiger partial charge is 2.00 e. The molecule has 29 heavy (non-hydrogen) atoms. The summed E-state index contributed by atoms with van der Waals surface area (Å²) in [6.45, 7) is 4.42. The van der Waals surface area contributed by atoms with Gasteiger partial charge in [-0.3, -0.25) is 0 Å². The summed E-state index contributed by atoms with van der Waals surface area (Å²) in [7, 11) is 0. The van der Waals surface area contributed by atoms with Gasteiger partial charge in [-0.25, -0.2) is 0 Å². The zero-order valence-electron chi connectivity index (χ0n) is 19.2. The number of aliphatic carboxylic acids is 2. The van der Waals surface area contributed by atoms with Gasteiger partial charge in [0.2, 0.25) is 0 Å². The van der Waals surface area contributed by atoms with Crippen molar-refractivity contribution in [2.75, 3.05) is 0 Å². The number of hydrogen-bond acceptors (Lipinski definition) is 4. The number of hydrogen-bond donors (Lipinski definition) is 0. The van der Waals surface area contributed by atoms with Crippen LogP contribution in [0.5, 0.6) is 0 Å². The Morgan fingerprint density at radius 2 is 0.897 bits per heavy atom. The first-order chi connectivity index (χ1) is 13.5. The van der Waals surface area contributed by atoms with Crippen molar-refractivity contribution in [1.82, 2.24) is 0 Å². The Hall–Kier alpha value is -0.294. The van der Waals surface area contributed by atoms with Crippen molar-refractivity contribution in [3.05, 3.63) is 0 Å². The number of carboxylic acid groups (broad SMARTS) is 2. The minimum absolute atomic E-state index is 0. The molecular formula is C24H44MgO4. The maximum absolute atomic E-state index is 11.1. The van der Waals surface area contributed by atoms with Crippen LogP contribution in [0, 0.1) is 11.8 Å². The van der Waals surface area contributed by atoms with Gasteiger partial charge in [0.15, 0.2) is 0 Å². The van der Waals surface area contributed by atoms with Crippen molar-refractivity contribution in [2.24, 2.45) is 11.8 Å². The second-order valence-electron chi connectivity index (χ2n) is 8.47. The Balaban J connectivity index is 0. The molecule has 0 aromatic heterocycles. The standard InChI is InChI=1S/C24H46O4.Mg/c1-3-5-7-9-10-11-12-13-15-17-19-21(18-16-14-8-6-4-2)20-22(23(25)26)24(27)28;/h21-22H,3-20H2,1-2H3,(H,25,26)(H,27,28);/q;+2/p-2. The second-order valence-corrected chi connectivity index (χ2v) is 8.47. The summed E-state index contributed by atoms with van der Waals surface area (Å²) < 4.78 is 0. The van der Waals surface area contributed by atoms with Crippen LogP contribution in [-0.4, -0.2) is 35.0 Å². The molecule has 0 fully saturated rings. The predicted molar refractivity (Wildman–Crippen MR) is 117 cm³/mol. The van der Waals surface area contributed by atoms with Crippen molar-refractivity contribution in [2.45, 2.75) is 129 Å². The first-order valence-electron chi connectivity index (χ1n) is 11.9.